The van der Waals surface area contributed by atoms with E-state index in [2.05, 4.69) is 16.8 Å². The molecule has 22 heavy (non-hydrogen) atoms. The molecule has 0 spiro atoms. The Balaban J connectivity index is 0.00000242. The topological polar surface area (TPSA) is 41.6 Å². The van der Waals surface area contributed by atoms with Gasteiger partial charge in [0.2, 0.25) is 0 Å². The van der Waals surface area contributed by atoms with Crippen LogP contribution in [-0.2, 0) is 5.41 Å². The monoisotopic (exact) mass is 419 g/mol. The van der Waals surface area contributed by atoms with Crippen molar-refractivity contribution in [2.45, 2.75) is 39.0 Å². The summed E-state index contributed by atoms with van der Waals surface area (Å²) in [6.07, 6.45) is 2.42. The number of hydrogen-bond acceptors (Lipinski definition) is 1. The quantitative estimate of drug-likeness (QED) is 0.461. The summed E-state index contributed by atoms with van der Waals surface area (Å²) in [5.41, 5.74) is 6.44. The fourth-order valence-corrected chi connectivity index (χ4v) is 2.87. The summed E-state index contributed by atoms with van der Waals surface area (Å²) >= 11 is 0. The minimum absolute atomic E-state index is 0. The number of nitrogens with two attached hydrogens (primary N) is 1. The second kappa shape index (κ2) is 8.13. The maximum Gasteiger partial charge on any atom is 0.191 e. The molecule has 1 aromatic rings. The minimum Gasteiger partial charge on any atom is -0.370 e. The van der Waals surface area contributed by atoms with Crippen LogP contribution in [0.2, 0.25) is 0 Å². The molecule has 1 unspecified atom stereocenters. The molecule has 0 aliphatic carbocycles. The van der Waals surface area contributed by atoms with E-state index in [4.69, 9.17) is 5.73 Å². The highest BCUT2D eigenvalue weighted by Gasteiger charge is 2.24. The summed E-state index contributed by atoms with van der Waals surface area (Å²) in [5.74, 6) is 1.07. The van der Waals surface area contributed by atoms with E-state index in [0.717, 1.165) is 19.5 Å². The molecular weight excluding hydrogens is 392 g/mol. The van der Waals surface area contributed by atoms with Crippen LogP contribution in [0, 0.1) is 11.7 Å². The molecule has 1 atom stereocenters. The van der Waals surface area contributed by atoms with Gasteiger partial charge in [-0.25, -0.2) is 4.39 Å². The molecule has 1 aliphatic rings. The smallest absolute Gasteiger partial charge is 0.191 e. The van der Waals surface area contributed by atoms with Crippen LogP contribution in [0.5, 0.6) is 0 Å². The number of halogens is 2. The normalized spacial score (nSPS) is 19.7. The summed E-state index contributed by atoms with van der Waals surface area (Å²) in [4.78, 5) is 6.67. The molecule has 0 aromatic heterocycles. The average molecular weight is 419 g/mol. The highest BCUT2D eigenvalue weighted by molar-refractivity contribution is 14.0. The first-order valence-electron chi connectivity index (χ1n) is 7.70. The Kier molecular flexibility index (Phi) is 7.09. The lowest BCUT2D eigenvalue weighted by molar-refractivity contribution is 0.269. The molecule has 2 rings (SSSR count). The van der Waals surface area contributed by atoms with Gasteiger partial charge in [-0.2, -0.15) is 0 Å². The summed E-state index contributed by atoms with van der Waals surface area (Å²) in [6.45, 7) is 8.67. The van der Waals surface area contributed by atoms with Crippen molar-refractivity contribution in [2.24, 2.45) is 16.6 Å². The molecule has 1 fully saturated rings. The zero-order valence-electron chi connectivity index (χ0n) is 13.7. The van der Waals surface area contributed by atoms with Crippen molar-refractivity contribution in [3.63, 3.8) is 0 Å². The number of likely N-dealkylation sites (tertiary alicyclic amines) is 1. The number of piperidine rings is 1. The Hall–Kier alpha value is -0.850. The molecule has 1 heterocycles. The maximum absolute atomic E-state index is 13.9. The first-order chi connectivity index (χ1) is 9.90. The van der Waals surface area contributed by atoms with Crippen molar-refractivity contribution < 1.29 is 4.39 Å². The highest BCUT2D eigenvalue weighted by atomic mass is 127. The Bertz CT molecular complexity index is 516. The Morgan fingerprint density at radius 3 is 2.73 bits per heavy atom. The summed E-state index contributed by atoms with van der Waals surface area (Å²) in [6, 6.07) is 6.89. The Morgan fingerprint density at radius 1 is 1.41 bits per heavy atom. The standard InChI is InChI=1S/C17H26FN3.HI/c1-13-7-6-10-21(11-13)16(19)20-12-17(2,3)14-8-4-5-9-15(14)18;/h4-5,8-9,13H,6-7,10-12H2,1-3H3,(H2,19,20);1H. The first-order valence-corrected chi connectivity index (χ1v) is 7.70. The van der Waals surface area contributed by atoms with Crippen molar-refractivity contribution in [1.29, 1.82) is 0 Å². The Morgan fingerprint density at radius 2 is 2.09 bits per heavy atom. The highest BCUT2D eigenvalue weighted by Crippen LogP contribution is 2.26. The van der Waals surface area contributed by atoms with Crippen LogP contribution in [0.15, 0.2) is 29.3 Å². The lowest BCUT2D eigenvalue weighted by atomic mass is 9.84. The van der Waals surface area contributed by atoms with Crippen molar-refractivity contribution in [3.05, 3.63) is 35.6 Å². The van der Waals surface area contributed by atoms with Gasteiger partial charge in [-0.15, -0.1) is 24.0 Å². The number of benzene rings is 1. The van der Waals surface area contributed by atoms with Crippen LogP contribution in [0.3, 0.4) is 0 Å². The molecular formula is C17H27FIN3. The maximum atomic E-state index is 13.9. The van der Waals surface area contributed by atoms with Crippen LogP contribution in [0.4, 0.5) is 4.39 Å². The molecule has 1 aliphatic heterocycles. The van der Waals surface area contributed by atoms with Crippen molar-refractivity contribution in [1.82, 2.24) is 4.90 Å². The lowest BCUT2D eigenvalue weighted by Crippen LogP contribution is -2.44. The van der Waals surface area contributed by atoms with Gasteiger partial charge >= 0.3 is 0 Å². The number of aliphatic imine (C=N–C) groups is 1. The van der Waals surface area contributed by atoms with Gasteiger partial charge in [0.25, 0.3) is 0 Å². The Labute approximate surface area is 150 Å². The summed E-state index contributed by atoms with van der Waals surface area (Å²) in [7, 11) is 0. The molecule has 5 heteroatoms. The van der Waals surface area contributed by atoms with Crippen molar-refractivity contribution in [3.8, 4) is 0 Å². The number of guanidine groups is 1. The van der Waals surface area contributed by atoms with E-state index < -0.39 is 0 Å². The van der Waals surface area contributed by atoms with E-state index in [1.54, 1.807) is 6.07 Å². The zero-order valence-corrected chi connectivity index (χ0v) is 16.0. The minimum atomic E-state index is -0.364. The van der Waals surface area contributed by atoms with E-state index in [-0.39, 0.29) is 35.2 Å². The SMILES string of the molecule is CC1CCCN(C(N)=NCC(C)(C)c2ccccc2F)C1.I. The first kappa shape index (κ1) is 19.2. The lowest BCUT2D eigenvalue weighted by Gasteiger charge is -2.32. The third-order valence-electron chi connectivity index (χ3n) is 4.22. The van der Waals surface area contributed by atoms with E-state index in [1.807, 2.05) is 26.0 Å². The molecule has 0 saturated carbocycles. The molecule has 0 bridgehead atoms. The van der Waals surface area contributed by atoms with E-state index in [0.29, 0.717) is 24.0 Å². The van der Waals surface area contributed by atoms with Crippen molar-refractivity contribution >= 4 is 29.9 Å². The van der Waals surface area contributed by atoms with Crippen molar-refractivity contribution in [2.75, 3.05) is 19.6 Å². The van der Waals surface area contributed by atoms with E-state index in [1.165, 1.54) is 12.5 Å². The number of hydrogen-bond donors (Lipinski definition) is 1. The van der Waals surface area contributed by atoms with Gasteiger partial charge in [0.1, 0.15) is 5.82 Å². The van der Waals surface area contributed by atoms with E-state index in [9.17, 15) is 4.39 Å². The zero-order chi connectivity index (χ0) is 15.5. The third-order valence-corrected chi connectivity index (χ3v) is 4.22. The molecule has 124 valence electrons. The van der Waals surface area contributed by atoms with Gasteiger partial charge in [-0.05, 0) is 30.4 Å². The van der Waals surface area contributed by atoms with Gasteiger partial charge in [-0.1, -0.05) is 39.0 Å². The fraction of sp³-hybridized carbons (Fsp3) is 0.588. The summed E-state index contributed by atoms with van der Waals surface area (Å²) < 4.78 is 13.9. The molecule has 1 saturated heterocycles. The van der Waals surface area contributed by atoms with Gasteiger partial charge in [0.05, 0.1) is 6.54 Å². The molecule has 2 N–H and O–H groups in total. The largest absolute Gasteiger partial charge is 0.370 e. The fourth-order valence-electron chi connectivity index (χ4n) is 2.87. The van der Waals surface area contributed by atoms with Crippen LogP contribution in [0.1, 0.15) is 39.2 Å². The van der Waals surface area contributed by atoms with Crippen LogP contribution < -0.4 is 5.73 Å². The van der Waals surface area contributed by atoms with Gasteiger partial charge < -0.3 is 10.6 Å². The summed E-state index contributed by atoms with van der Waals surface area (Å²) in [5, 5.41) is 0. The molecule has 0 radical (unpaired) electrons. The molecule has 1 aromatic carbocycles. The number of rotatable bonds is 3. The van der Waals surface area contributed by atoms with Crippen LogP contribution >= 0.6 is 24.0 Å². The van der Waals surface area contributed by atoms with E-state index >= 15 is 0 Å². The van der Waals surface area contributed by atoms with Crippen LogP contribution in [-0.4, -0.2) is 30.5 Å². The van der Waals surface area contributed by atoms with Gasteiger partial charge in [0.15, 0.2) is 5.96 Å². The predicted octanol–water partition coefficient (Wildman–Crippen LogP) is 3.77. The predicted molar refractivity (Wildman–Crippen MR) is 101 cm³/mol. The molecule has 3 nitrogen and oxygen atoms in total. The number of nitrogens with zero attached hydrogens (tertiary/aromatic N) is 2. The average Bonchev–Trinajstić information content (AvgIpc) is 2.45. The molecule has 0 amide bonds. The van der Waals surface area contributed by atoms with Gasteiger partial charge in [-0.3, -0.25) is 4.99 Å². The van der Waals surface area contributed by atoms with Crippen LogP contribution in [0.25, 0.3) is 0 Å². The second-order valence-electron chi connectivity index (χ2n) is 6.73. The second-order valence-corrected chi connectivity index (χ2v) is 6.73. The third kappa shape index (κ3) is 4.83. The van der Waals surface area contributed by atoms with Gasteiger partial charge in [0, 0.05) is 18.5 Å².